The lowest BCUT2D eigenvalue weighted by molar-refractivity contribution is -0.132. The molecule has 0 aliphatic carbocycles. The van der Waals surface area contributed by atoms with Crippen LogP contribution in [-0.4, -0.2) is 57.3 Å². The van der Waals surface area contributed by atoms with Crippen LogP contribution in [0.5, 0.6) is 0 Å². The number of aliphatic hydroxyl groups is 4. The van der Waals surface area contributed by atoms with Gasteiger partial charge in [-0.15, -0.1) is 0 Å². The number of aliphatic hydroxyl groups excluding tert-OH is 4. The van der Waals surface area contributed by atoms with Crippen molar-refractivity contribution in [3.8, 4) is 0 Å². The third-order valence-electron chi connectivity index (χ3n) is 16.1. The fourth-order valence-corrected chi connectivity index (χ4v) is 10.9. The van der Waals surface area contributed by atoms with E-state index in [-0.39, 0.29) is 0 Å². The summed E-state index contributed by atoms with van der Waals surface area (Å²) < 4.78 is 0. The van der Waals surface area contributed by atoms with Crippen molar-refractivity contribution in [1.29, 1.82) is 0 Å². The quantitative estimate of drug-likeness (QED) is 0.0308. The Morgan fingerprint density at radius 1 is 0.324 bits per heavy atom. The molecular weight excluding hydrogens is 911 g/mol. The molecule has 6 heteroatoms. The van der Waals surface area contributed by atoms with Gasteiger partial charge in [-0.25, -0.2) is 0 Å². The van der Waals surface area contributed by atoms with Gasteiger partial charge in [0.2, 0.25) is 5.91 Å². The third-order valence-corrected chi connectivity index (χ3v) is 16.1. The fraction of sp³-hybridized carbons (Fsp3) is 0.926. The molecule has 440 valence electrons. The van der Waals surface area contributed by atoms with Crippen molar-refractivity contribution in [1.82, 2.24) is 5.32 Å². The Kier molecular flexibility index (Phi) is 61.6. The highest BCUT2D eigenvalue weighted by Crippen LogP contribution is 2.19. The van der Waals surface area contributed by atoms with E-state index in [1.54, 1.807) is 0 Å². The number of carbonyl (C=O) groups excluding carboxylic acids is 1. The zero-order chi connectivity index (χ0) is 53.7. The van der Waals surface area contributed by atoms with Crippen molar-refractivity contribution in [2.24, 2.45) is 0 Å². The summed E-state index contributed by atoms with van der Waals surface area (Å²) in [5, 5.41) is 44.1. The number of carbonyl (C=O) groups is 1. The molecule has 0 saturated carbocycles. The van der Waals surface area contributed by atoms with Gasteiger partial charge < -0.3 is 25.7 Å². The number of amides is 1. The minimum Gasteiger partial charge on any atom is -0.394 e. The Bertz CT molecular complexity index is 1130. The Hall–Kier alpha value is -1.21. The highest BCUT2D eigenvalue weighted by atomic mass is 16.3. The van der Waals surface area contributed by atoms with Gasteiger partial charge in [0.1, 0.15) is 12.2 Å². The highest BCUT2D eigenvalue weighted by molar-refractivity contribution is 5.80. The van der Waals surface area contributed by atoms with Crippen LogP contribution in [-0.2, 0) is 4.79 Å². The molecule has 0 aromatic rings. The Balaban J connectivity index is 3.58. The summed E-state index contributed by atoms with van der Waals surface area (Å²) >= 11 is 0. The molecule has 0 saturated heterocycles. The SMILES string of the molecule is CCCCCCCCCCCCCCCCCCCCC/C=C/CC/C=C/CCCC(O)C(O)C(CO)NC(=O)C(O)CCCCCCCCCCCCCCCCCCCCCCCCCCCCCCCC. The first-order chi connectivity index (χ1) is 36.5. The van der Waals surface area contributed by atoms with E-state index in [0.717, 1.165) is 38.5 Å². The topological polar surface area (TPSA) is 110 Å². The molecular formula is C68H133NO5. The highest BCUT2D eigenvalue weighted by Gasteiger charge is 2.28. The van der Waals surface area contributed by atoms with Gasteiger partial charge in [0, 0.05) is 0 Å². The van der Waals surface area contributed by atoms with Crippen LogP contribution in [0, 0.1) is 0 Å². The predicted octanol–water partition coefficient (Wildman–Crippen LogP) is 20.5. The number of rotatable bonds is 63. The van der Waals surface area contributed by atoms with E-state index in [0.29, 0.717) is 19.3 Å². The van der Waals surface area contributed by atoms with Crippen LogP contribution in [0.15, 0.2) is 24.3 Å². The Morgan fingerprint density at radius 2 is 0.568 bits per heavy atom. The number of allylic oxidation sites excluding steroid dienone is 4. The number of nitrogens with one attached hydrogen (secondary N) is 1. The molecule has 1 amide bonds. The molecule has 0 radical (unpaired) electrons. The van der Waals surface area contributed by atoms with Gasteiger partial charge in [0.15, 0.2) is 0 Å². The first kappa shape index (κ1) is 72.8. The molecule has 0 aliphatic rings. The Morgan fingerprint density at radius 3 is 0.851 bits per heavy atom. The van der Waals surface area contributed by atoms with Crippen LogP contribution in [0.25, 0.3) is 0 Å². The van der Waals surface area contributed by atoms with E-state index in [9.17, 15) is 25.2 Å². The molecule has 0 aromatic heterocycles. The van der Waals surface area contributed by atoms with Crippen LogP contribution in [0.1, 0.15) is 373 Å². The van der Waals surface area contributed by atoms with Gasteiger partial charge >= 0.3 is 0 Å². The van der Waals surface area contributed by atoms with Gasteiger partial charge in [-0.2, -0.15) is 0 Å². The van der Waals surface area contributed by atoms with E-state index in [2.05, 4.69) is 43.5 Å². The summed E-state index contributed by atoms with van der Waals surface area (Å²) in [6.45, 7) is 4.10. The second-order valence-corrected chi connectivity index (χ2v) is 23.5. The summed E-state index contributed by atoms with van der Waals surface area (Å²) in [5.74, 6) is -0.590. The minimum atomic E-state index is -1.29. The largest absolute Gasteiger partial charge is 0.394 e. The van der Waals surface area contributed by atoms with Crippen LogP contribution in [0.2, 0.25) is 0 Å². The number of unbranched alkanes of at least 4 members (excludes halogenated alkanes) is 50. The number of hydrogen-bond donors (Lipinski definition) is 5. The van der Waals surface area contributed by atoms with Crippen molar-refractivity contribution in [3.05, 3.63) is 24.3 Å². The zero-order valence-electron chi connectivity index (χ0n) is 50.1. The second kappa shape index (κ2) is 62.6. The van der Waals surface area contributed by atoms with Crippen molar-refractivity contribution in [3.63, 3.8) is 0 Å². The second-order valence-electron chi connectivity index (χ2n) is 23.5. The summed E-state index contributed by atoms with van der Waals surface area (Å²) in [7, 11) is 0. The lowest BCUT2D eigenvalue weighted by Gasteiger charge is -2.27. The van der Waals surface area contributed by atoms with Gasteiger partial charge in [-0.05, 0) is 51.4 Å². The predicted molar refractivity (Wildman–Crippen MR) is 325 cm³/mol. The summed E-state index contributed by atoms with van der Waals surface area (Å²) in [6.07, 6.45) is 78.7. The zero-order valence-corrected chi connectivity index (χ0v) is 50.1. The minimum absolute atomic E-state index is 0.365. The summed E-state index contributed by atoms with van der Waals surface area (Å²) in [5.41, 5.74) is 0. The van der Waals surface area contributed by atoms with Gasteiger partial charge in [-0.1, -0.05) is 346 Å². The Labute approximate surface area is 463 Å². The number of hydrogen-bond acceptors (Lipinski definition) is 5. The normalized spacial score (nSPS) is 13.6. The molecule has 0 heterocycles. The molecule has 0 fully saturated rings. The molecule has 0 aliphatic heterocycles. The smallest absolute Gasteiger partial charge is 0.249 e. The lowest BCUT2D eigenvalue weighted by Crippen LogP contribution is -2.53. The maximum Gasteiger partial charge on any atom is 0.249 e. The summed E-state index contributed by atoms with van der Waals surface area (Å²) in [4.78, 5) is 12.6. The first-order valence-corrected chi connectivity index (χ1v) is 33.7. The van der Waals surface area contributed by atoms with E-state index < -0.39 is 36.9 Å². The van der Waals surface area contributed by atoms with Crippen LogP contribution < -0.4 is 5.32 Å². The fourth-order valence-electron chi connectivity index (χ4n) is 10.9. The molecule has 0 bridgehead atoms. The van der Waals surface area contributed by atoms with Crippen molar-refractivity contribution < 1.29 is 25.2 Å². The maximum absolute atomic E-state index is 12.6. The molecule has 0 rings (SSSR count). The molecule has 74 heavy (non-hydrogen) atoms. The molecule has 5 N–H and O–H groups in total. The van der Waals surface area contributed by atoms with Crippen LogP contribution in [0.4, 0.5) is 0 Å². The van der Waals surface area contributed by atoms with E-state index >= 15 is 0 Å². The molecule has 0 spiro atoms. The van der Waals surface area contributed by atoms with Crippen molar-refractivity contribution in [2.45, 2.75) is 398 Å². The average Bonchev–Trinajstić information content (AvgIpc) is 3.41. The average molecular weight is 1040 g/mol. The van der Waals surface area contributed by atoms with Crippen LogP contribution >= 0.6 is 0 Å². The first-order valence-electron chi connectivity index (χ1n) is 33.7. The van der Waals surface area contributed by atoms with Crippen LogP contribution in [0.3, 0.4) is 0 Å². The van der Waals surface area contributed by atoms with E-state index in [1.807, 2.05) is 0 Å². The maximum atomic E-state index is 12.6. The standard InChI is InChI=1S/C68H133NO5/c1-3-5-7-9-11-13-15-17-19-21-23-25-27-29-31-33-34-36-38-40-42-44-46-48-50-52-54-56-58-60-62-66(72)68(74)69-64(63-70)67(73)65(71)61-59-57-55-53-51-49-47-45-43-41-39-37-35-32-30-28-26-24-22-20-18-16-14-12-10-8-6-4-2/h45,47,53,55,64-67,70-73H,3-44,46,48-52,54,56-63H2,1-2H3,(H,69,74)/b47-45+,55-53+. The molecule has 4 atom stereocenters. The van der Waals surface area contributed by atoms with E-state index in [4.69, 9.17) is 0 Å². The third kappa shape index (κ3) is 55.5. The lowest BCUT2D eigenvalue weighted by atomic mass is 10.00. The van der Waals surface area contributed by atoms with E-state index in [1.165, 1.54) is 302 Å². The summed E-state index contributed by atoms with van der Waals surface area (Å²) in [6, 6.07) is -1.01. The molecule has 0 aromatic carbocycles. The van der Waals surface area contributed by atoms with Gasteiger partial charge in [0.05, 0.1) is 18.8 Å². The van der Waals surface area contributed by atoms with Crippen molar-refractivity contribution >= 4 is 5.91 Å². The monoisotopic (exact) mass is 1040 g/mol. The van der Waals surface area contributed by atoms with Gasteiger partial charge in [-0.3, -0.25) is 4.79 Å². The molecule has 6 nitrogen and oxygen atoms in total. The molecule has 4 unspecified atom stereocenters. The van der Waals surface area contributed by atoms with Gasteiger partial charge in [0.25, 0.3) is 0 Å². The van der Waals surface area contributed by atoms with Crippen molar-refractivity contribution in [2.75, 3.05) is 6.61 Å².